The molecule has 0 fully saturated rings. The van der Waals surface area contributed by atoms with Gasteiger partial charge in [0.05, 0.1) is 0 Å². The Bertz CT molecular complexity index is 1300. The first kappa shape index (κ1) is 25.5. The van der Waals surface area contributed by atoms with Crippen molar-refractivity contribution < 1.29 is 19.8 Å². The van der Waals surface area contributed by atoms with Crippen LogP contribution in [-0.4, -0.2) is 37.1 Å². The van der Waals surface area contributed by atoms with Crippen LogP contribution in [-0.2, 0) is 0 Å². The molecular formula is C29H23N3O4. The van der Waals surface area contributed by atoms with Crippen molar-refractivity contribution in [1.82, 2.24) is 15.0 Å². The van der Waals surface area contributed by atoms with Crippen LogP contribution in [0, 0.1) is 0 Å². The third kappa shape index (κ3) is 7.43. The van der Waals surface area contributed by atoms with E-state index in [1.54, 1.807) is 24.5 Å². The van der Waals surface area contributed by atoms with E-state index in [9.17, 15) is 9.59 Å². The lowest BCUT2D eigenvalue weighted by molar-refractivity contribution is 0.0647. The van der Waals surface area contributed by atoms with Gasteiger partial charge >= 0.3 is 11.9 Å². The van der Waals surface area contributed by atoms with Gasteiger partial charge in [0.25, 0.3) is 0 Å². The Morgan fingerprint density at radius 3 is 1.42 bits per heavy atom. The van der Waals surface area contributed by atoms with Crippen LogP contribution in [0.2, 0.25) is 0 Å². The van der Waals surface area contributed by atoms with Crippen LogP contribution in [0.5, 0.6) is 0 Å². The van der Waals surface area contributed by atoms with Gasteiger partial charge in [0, 0.05) is 36.5 Å². The number of carboxylic acid groups (broad SMARTS) is 2. The van der Waals surface area contributed by atoms with Crippen molar-refractivity contribution in [3.05, 3.63) is 139 Å². The van der Waals surface area contributed by atoms with Gasteiger partial charge in [-0.25, -0.2) is 14.6 Å². The number of benzene rings is 2. The van der Waals surface area contributed by atoms with Crippen molar-refractivity contribution in [2.45, 2.75) is 0 Å². The Hall–Kier alpha value is -5.17. The SMILES string of the molecule is O=C(O)c1nccc(-c2ccncc2)c1C(=O)O.c1ccc(-c2ccccc2)cc1.c1ccncc1. The Labute approximate surface area is 208 Å². The summed E-state index contributed by atoms with van der Waals surface area (Å²) in [6, 6.07) is 31.2. The smallest absolute Gasteiger partial charge is 0.355 e. The number of hydrogen-bond acceptors (Lipinski definition) is 5. The summed E-state index contributed by atoms with van der Waals surface area (Å²) < 4.78 is 0. The van der Waals surface area contributed by atoms with Gasteiger partial charge in [-0.3, -0.25) is 9.97 Å². The van der Waals surface area contributed by atoms with Gasteiger partial charge in [0.15, 0.2) is 5.69 Å². The minimum Gasteiger partial charge on any atom is -0.478 e. The number of aromatic nitrogens is 3. The Balaban J connectivity index is 0.000000171. The van der Waals surface area contributed by atoms with Gasteiger partial charge < -0.3 is 10.2 Å². The molecule has 0 aliphatic rings. The lowest BCUT2D eigenvalue weighted by Crippen LogP contribution is -2.12. The van der Waals surface area contributed by atoms with E-state index < -0.39 is 17.6 Å². The Morgan fingerprint density at radius 1 is 0.500 bits per heavy atom. The summed E-state index contributed by atoms with van der Waals surface area (Å²) in [4.78, 5) is 33.4. The monoisotopic (exact) mass is 477 g/mol. The van der Waals surface area contributed by atoms with Gasteiger partial charge in [-0.1, -0.05) is 66.7 Å². The highest BCUT2D eigenvalue weighted by atomic mass is 16.4. The summed E-state index contributed by atoms with van der Waals surface area (Å²) in [5, 5.41) is 18.1. The summed E-state index contributed by atoms with van der Waals surface area (Å²) in [7, 11) is 0. The van der Waals surface area contributed by atoms with Crippen LogP contribution < -0.4 is 0 Å². The van der Waals surface area contributed by atoms with Crippen LogP contribution in [0.3, 0.4) is 0 Å². The van der Waals surface area contributed by atoms with Crippen LogP contribution >= 0.6 is 0 Å². The second-order valence-corrected chi connectivity index (χ2v) is 7.18. The fourth-order valence-electron chi connectivity index (χ4n) is 3.19. The van der Waals surface area contributed by atoms with Crippen LogP contribution in [0.4, 0.5) is 0 Å². The van der Waals surface area contributed by atoms with Crippen molar-refractivity contribution >= 4 is 11.9 Å². The molecule has 0 aliphatic heterocycles. The Kier molecular flexibility index (Phi) is 9.56. The quantitative estimate of drug-likeness (QED) is 0.327. The zero-order valence-electron chi connectivity index (χ0n) is 19.2. The molecule has 2 N–H and O–H groups in total. The molecule has 0 unspecified atom stereocenters. The molecule has 0 aliphatic carbocycles. The van der Waals surface area contributed by atoms with E-state index in [0.29, 0.717) is 11.1 Å². The normalized spacial score (nSPS) is 9.56. The van der Waals surface area contributed by atoms with Crippen molar-refractivity contribution in [1.29, 1.82) is 0 Å². The maximum absolute atomic E-state index is 11.2. The summed E-state index contributed by atoms with van der Waals surface area (Å²) in [5.41, 5.74) is 2.63. The molecule has 5 aromatic rings. The number of nitrogens with zero attached hydrogens (tertiary/aromatic N) is 3. The van der Waals surface area contributed by atoms with E-state index in [4.69, 9.17) is 10.2 Å². The van der Waals surface area contributed by atoms with E-state index in [-0.39, 0.29) is 5.56 Å². The second kappa shape index (κ2) is 13.5. The van der Waals surface area contributed by atoms with Crippen LogP contribution in [0.15, 0.2) is 128 Å². The molecule has 0 amide bonds. The zero-order valence-corrected chi connectivity index (χ0v) is 19.2. The largest absolute Gasteiger partial charge is 0.478 e. The topological polar surface area (TPSA) is 113 Å². The number of aromatic carboxylic acids is 2. The number of hydrogen-bond donors (Lipinski definition) is 2. The molecular weight excluding hydrogens is 454 g/mol. The molecule has 0 saturated heterocycles. The molecule has 36 heavy (non-hydrogen) atoms. The van der Waals surface area contributed by atoms with Crippen LogP contribution in [0.25, 0.3) is 22.3 Å². The molecule has 0 atom stereocenters. The summed E-state index contributed by atoms with van der Waals surface area (Å²) >= 11 is 0. The molecule has 0 saturated carbocycles. The fourth-order valence-corrected chi connectivity index (χ4v) is 3.19. The van der Waals surface area contributed by atoms with Crippen molar-refractivity contribution in [2.75, 3.05) is 0 Å². The van der Waals surface area contributed by atoms with E-state index >= 15 is 0 Å². The van der Waals surface area contributed by atoms with Gasteiger partial charge in [0.1, 0.15) is 5.56 Å². The number of pyridine rings is 3. The van der Waals surface area contributed by atoms with Gasteiger partial charge in [-0.15, -0.1) is 0 Å². The lowest BCUT2D eigenvalue weighted by atomic mass is 10.00. The Morgan fingerprint density at radius 2 is 1.00 bits per heavy atom. The first-order chi connectivity index (χ1) is 17.6. The lowest BCUT2D eigenvalue weighted by Gasteiger charge is -2.07. The first-order valence-corrected chi connectivity index (χ1v) is 10.9. The maximum Gasteiger partial charge on any atom is 0.355 e. The van der Waals surface area contributed by atoms with Gasteiger partial charge in [-0.2, -0.15) is 0 Å². The third-order valence-electron chi connectivity index (χ3n) is 4.81. The van der Waals surface area contributed by atoms with E-state index in [1.165, 1.54) is 35.8 Å². The molecule has 7 nitrogen and oxygen atoms in total. The summed E-state index contributed by atoms with van der Waals surface area (Å²) in [6.45, 7) is 0. The number of carboxylic acids is 2. The molecule has 7 heteroatoms. The average Bonchev–Trinajstić information content (AvgIpc) is 2.95. The summed E-state index contributed by atoms with van der Waals surface area (Å²) in [5.74, 6) is -2.70. The first-order valence-electron chi connectivity index (χ1n) is 10.9. The molecule has 3 heterocycles. The molecule has 178 valence electrons. The molecule has 0 radical (unpaired) electrons. The van der Waals surface area contributed by atoms with Crippen molar-refractivity contribution in [3.8, 4) is 22.3 Å². The average molecular weight is 478 g/mol. The highest BCUT2D eigenvalue weighted by molar-refractivity contribution is 6.05. The second-order valence-electron chi connectivity index (χ2n) is 7.18. The van der Waals surface area contributed by atoms with E-state index in [1.807, 2.05) is 30.3 Å². The molecule has 0 bridgehead atoms. The highest BCUT2D eigenvalue weighted by Gasteiger charge is 2.22. The predicted octanol–water partition coefficient (Wildman–Crippen LogP) is 5.98. The third-order valence-corrected chi connectivity index (χ3v) is 4.81. The predicted molar refractivity (Wildman–Crippen MR) is 138 cm³/mol. The van der Waals surface area contributed by atoms with Crippen LogP contribution in [0.1, 0.15) is 20.8 Å². The van der Waals surface area contributed by atoms with Crippen molar-refractivity contribution in [2.24, 2.45) is 0 Å². The van der Waals surface area contributed by atoms with E-state index in [2.05, 4.69) is 63.5 Å². The maximum atomic E-state index is 11.2. The number of carbonyl (C=O) groups is 2. The molecule has 3 aromatic heterocycles. The van der Waals surface area contributed by atoms with Crippen molar-refractivity contribution in [3.63, 3.8) is 0 Å². The van der Waals surface area contributed by atoms with E-state index in [0.717, 1.165) is 0 Å². The fraction of sp³-hybridized carbons (Fsp3) is 0. The summed E-state index contributed by atoms with van der Waals surface area (Å²) in [6.07, 6.45) is 7.77. The standard InChI is InChI=1S/C12H8N2O4.C12H10.C5H5N/c15-11(16)9-8(7-1-4-13-5-2-7)3-6-14-10(9)12(17)18;1-3-7-11(8-4-1)12-9-5-2-6-10-12;1-2-4-6-5-3-1/h1-6H,(H,15,16)(H,17,18);1-10H;1-5H. The minimum atomic E-state index is -1.37. The molecule has 0 spiro atoms. The number of rotatable bonds is 4. The minimum absolute atomic E-state index is 0.303. The molecule has 2 aromatic carbocycles. The molecule has 5 rings (SSSR count). The zero-order chi connectivity index (χ0) is 25.6. The van der Waals surface area contributed by atoms with Gasteiger partial charge in [-0.05, 0) is 47.0 Å². The highest BCUT2D eigenvalue weighted by Crippen LogP contribution is 2.24. The van der Waals surface area contributed by atoms with Gasteiger partial charge in [0.2, 0.25) is 0 Å².